The van der Waals surface area contributed by atoms with Gasteiger partial charge in [-0.1, -0.05) is 72.4 Å². The van der Waals surface area contributed by atoms with Crippen molar-refractivity contribution in [1.82, 2.24) is 19.2 Å². The van der Waals surface area contributed by atoms with E-state index in [4.69, 9.17) is 0 Å². The second kappa shape index (κ2) is 8.46. The Bertz CT molecular complexity index is 1590. The number of hydrogen-bond acceptors (Lipinski definition) is 5. The number of hydrogen-bond donors (Lipinski definition) is 0. The highest BCUT2D eigenvalue weighted by Gasteiger charge is 2.25. The zero-order valence-corrected chi connectivity index (χ0v) is 19.1. The van der Waals surface area contributed by atoms with Crippen molar-refractivity contribution in [2.24, 2.45) is 0 Å². The first kappa shape index (κ1) is 20.7. The monoisotopic (exact) mass is 467 g/mol. The lowest BCUT2D eigenvalue weighted by atomic mass is 10.2. The normalized spacial score (nSPS) is 13.0. The molecular weight excluding hydrogens is 446 g/mol. The van der Waals surface area contributed by atoms with E-state index in [1.807, 2.05) is 82.1 Å². The number of anilines is 1. The number of rotatable bonds is 5. The Hall–Kier alpha value is -3.91. The van der Waals surface area contributed by atoms with Gasteiger partial charge in [0.1, 0.15) is 0 Å². The third kappa shape index (κ3) is 3.47. The number of carbonyl (C=O) groups excluding carboxylic acids is 1. The summed E-state index contributed by atoms with van der Waals surface area (Å²) in [6, 6.07) is 25.3. The average molecular weight is 468 g/mol. The van der Waals surface area contributed by atoms with Crippen molar-refractivity contribution in [2.75, 3.05) is 17.2 Å². The molecule has 1 aliphatic rings. The van der Waals surface area contributed by atoms with Crippen molar-refractivity contribution in [1.29, 1.82) is 0 Å². The second-order valence-electron chi connectivity index (χ2n) is 8.22. The van der Waals surface area contributed by atoms with Crippen LogP contribution in [0.4, 0.5) is 5.69 Å². The first-order valence-electron chi connectivity index (χ1n) is 11.1. The Morgan fingerprint density at radius 1 is 0.912 bits per heavy atom. The first-order chi connectivity index (χ1) is 16.7. The molecule has 0 saturated heterocycles. The lowest BCUT2D eigenvalue weighted by Crippen LogP contribution is -2.30. The molecule has 34 heavy (non-hydrogen) atoms. The number of nitrogens with zero attached hydrogens (tertiary/aromatic N) is 5. The molecule has 0 atom stereocenters. The van der Waals surface area contributed by atoms with E-state index in [2.05, 4.69) is 16.3 Å². The highest BCUT2D eigenvalue weighted by Crippen LogP contribution is 2.29. The van der Waals surface area contributed by atoms with E-state index in [0.29, 0.717) is 29.4 Å². The van der Waals surface area contributed by atoms with Gasteiger partial charge in [0.05, 0.1) is 23.2 Å². The molecule has 8 heteroatoms. The van der Waals surface area contributed by atoms with E-state index in [9.17, 15) is 9.59 Å². The summed E-state index contributed by atoms with van der Waals surface area (Å²) in [5, 5.41) is 9.93. The summed E-state index contributed by atoms with van der Waals surface area (Å²) in [5.74, 6) is 0.740. The quantitative estimate of drug-likeness (QED) is 0.368. The molecule has 168 valence electrons. The van der Waals surface area contributed by atoms with Gasteiger partial charge in [-0.25, -0.2) is 0 Å². The Morgan fingerprint density at radius 3 is 2.56 bits per heavy atom. The van der Waals surface area contributed by atoms with Gasteiger partial charge in [0.15, 0.2) is 5.16 Å². The maximum Gasteiger partial charge on any atom is 0.263 e. The topological polar surface area (TPSA) is 72.5 Å². The van der Waals surface area contributed by atoms with Gasteiger partial charge in [0.2, 0.25) is 11.7 Å². The van der Waals surface area contributed by atoms with Crippen molar-refractivity contribution >= 4 is 40.0 Å². The molecule has 7 nitrogen and oxygen atoms in total. The van der Waals surface area contributed by atoms with Crippen LogP contribution in [0.1, 0.15) is 11.1 Å². The molecule has 3 aromatic carbocycles. The Morgan fingerprint density at radius 2 is 1.68 bits per heavy atom. The smallest absolute Gasteiger partial charge is 0.263 e. The Kier molecular flexibility index (Phi) is 5.15. The fourth-order valence-corrected chi connectivity index (χ4v) is 5.35. The average Bonchev–Trinajstić information content (AvgIpc) is 3.50. The number of benzene rings is 3. The third-order valence-electron chi connectivity index (χ3n) is 6.17. The zero-order valence-electron chi connectivity index (χ0n) is 18.3. The van der Waals surface area contributed by atoms with Gasteiger partial charge in [-0.2, -0.15) is 0 Å². The summed E-state index contributed by atoms with van der Waals surface area (Å²) in [6.07, 6.45) is 0.872. The zero-order chi connectivity index (χ0) is 23.1. The van der Waals surface area contributed by atoms with E-state index in [0.717, 1.165) is 23.2 Å². The van der Waals surface area contributed by atoms with Crippen LogP contribution in [0.5, 0.6) is 0 Å². The highest BCUT2D eigenvalue weighted by atomic mass is 32.2. The number of amides is 1. The van der Waals surface area contributed by atoms with Gasteiger partial charge >= 0.3 is 0 Å². The molecule has 1 amide bonds. The van der Waals surface area contributed by atoms with Crippen molar-refractivity contribution in [3.63, 3.8) is 0 Å². The highest BCUT2D eigenvalue weighted by molar-refractivity contribution is 7.99. The number of thioether (sulfide) groups is 1. The molecule has 5 aromatic rings. The molecule has 0 unspecified atom stereocenters. The van der Waals surface area contributed by atoms with E-state index in [1.165, 1.54) is 17.3 Å². The van der Waals surface area contributed by atoms with E-state index in [1.54, 1.807) is 4.57 Å². The minimum absolute atomic E-state index is 0.0358. The second-order valence-corrected chi connectivity index (χ2v) is 9.17. The van der Waals surface area contributed by atoms with Crippen molar-refractivity contribution in [3.8, 4) is 0 Å². The molecule has 0 bridgehead atoms. The standard InChI is InChI=1S/C26H21N5O2S/c32-23(29-15-14-19-10-4-6-12-21(19)29)17-34-26-28-27-25-30(16-18-8-2-1-3-9-18)24(33)20-11-5-7-13-22(20)31(25)26/h1-13H,14-17H2. The van der Waals surface area contributed by atoms with Gasteiger partial charge in [-0.05, 0) is 35.7 Å². The number of fused-ring (bicyclic) bond motifs is 4. The number of para-hydroxylation sites is 2. The summed E-state index contributed by atoms with van der Waals surface area (Å²) in [6.45, 7) is 1.08. The maximum absolute atomic E-state index is 13.3. The van der Waals surface area contributed by atoms with Crippen LogP contribution in [-0.4, -0.2) is 37.4 Å². The number of aromatic nitrogens is 4. The lowest BCUT2D eigenvalue weighted by molar-refractivity contribution is -0.116. The van der Waals surface area contributed by atoms with Crippen LogP contribution < -0.4 is 10.5 Å². The van der Waals surface area contributed by atoms with Gasteiger partial charge in [-0.15, -0.1) is 10.2 Å². The Labute approximate surface area is 199 Å². The maximum atomic E-state index is 13.3. The SMILES string of the molecule is O=C(CSc1nnc2n(Cc3ccccc3)c(=O)c3ccccc3n12)N1CCc2ccccc21. The molecule has 0 spiro atoms. The summed E-state index contributed by atoms with van der Waals surface area (Å²) < 4.78 is 3.53. The summed E-state index contributed by atoms with van der Waals surface area (Å²) >= 11 is 1.34. The predicted octanol–water partition coefficient (Wildman–Crippen LogP) is 3.77. The molecule has 3 heterocycles. The third-order valence-corrected chi connectivity index (χ3v) is 7.09. The molecule has 6 rings (SSSR count). The predicted molar refractivity (Wildman–Crippen MR) is 134 cm³/mol. The van der Waals surface area contributed by atoms with E-state index >= 15 is 0 Å². The van der Waals surface area contributed by atoms with Crippen molar-refractivity contribution < 1.29 is 4.79 Å². The molecule has 1 aliphatic heterocycles. The molecule has 0 aliphatic carbocycles. The molecule has 2 aromatic heterocycles. The van der Waals surface area contributed by atoms with Gasteiger partial charge < -0.3 is 4.90 Å². The molecule has 0 radical (unpaired) electrons. The fraction of sp³-hybridized carbons (Fsp3) is 0.154. The van der Waals surface area contributed by atoms with E-state index < -0.39 is 0 Å². The van der Waals surface area contributed by atoms with Crippen LogP contribution in [-0.2, 0) is 17.8 Å². The van der Waals surface area contributed by atoms with Crippen LogP contribution in [0.15, 0.2) is 88.8 Å². The van der Waals surface area contributed by atoms with Gasteiger partial charge in [0.25, 0.3) is 5.56 Å². The molecule has 0 N–H and O–H groups in total. The largest absolute Gasteiger partial charge is 0.311 e. The fourth-order valence-electron chi connectivity index (χ4n) is 4.54. The number of carbonyl (C=O) groups is 1. The lowest BCUT2D eigenvalue weighted by Gasteiger charge is -2.17. The van der Waals surface area contributed by atoms with E-state index in [-0.39, 0.29) is 17.2 Å². The summed E-state index contributed by atoms with van der Waals surface area (Å²) in [5.41, 5.74) is 3.81. The minimum atomic E-state index is -0.111. The van der Waals surface area contributed by atoms with Crippen LogP contribution in [0.25, 0.3) is 16.7 Å². The van der Waals surface area contributed by atoms with Crippen LogP contribution in [0.3, 0.4) is 0 Å². The van der Waals surface area contributed by atoms with Gasteiger partial charge in [-0.3, -0.25) is 18.6 Å². The van der Waals surface area contributed by atoms with Crippen molar-refractivity contribution in [3.05, 3.63) is 100 Å². The van der Waals surface area contributed by atoms with Crippen LogP contribution in [0, 0.1) is 0 Å². The molecular formula is C26H21N5O2S. The molecule has 0 saturated carbocycles. The molecule has 0 fully saturated rings. The minimum Gasteiger partial charge on any atom is -0.311 e. The summed E-state index contributed by atoms with van der Waals surface area (Å²) in [7, 11) is 0. The van der Waals surface area contributed by atoms with Crippen molar-refractivity contribution in [2.45, 2.75) is 18.1 Å². The van der Waals surface area contributed by atoms with Gasteiger partial charge in [0, 0.05) is 12.2 Å². The summed E-state index contributed by atoms with van der Waals surface area (Å²) in [4.78, 5) is 28.2. The first-order valence-corrected chi connectivity index (χ1v) is 12.1. The van der Waals surface area contributed by atoms with Crippen LogP contribution in [0.2, 0.25) is 0 Å². The Balaban J connectivity index is 1.37. The van der Waals surface area contributed by atoms with Crippen LogP contribution >= 0.6 is 11.8 Å².